The van der Waals surface area contributed by atoms with Crippen molar-refractivity contribution in [3.63, 3.8) is 0 Å². The molecule has 1 saturated heterocycles. The van der Waals surface area contributed by atoms with Crippen molar-refractivity contribution in [3.05, 3.63) is 69.8 Å². The number of rotatable bonds is 5. The molecule has 4 rings (SSSR count). The minimum atomic E-state index is -0.368. The molecule has 150 valence electrons. The van der Waals surface area contributed by atoms with E-state index in [0.717, 1.165) is 18.5 Å². The predicted molar refractivity (Wildman–Crippen MR) is 114 cm³/mol. The number of carbonyl (C=O) groups is 2. The van der Waals surface area contributed by atoms with E-state index in [-0.39, 0.29) is 30.0 Å². The molecule has 29 heavy (non-hydrogen) atoms. The molecule has 1 atom stereocenters. The van der Waals surface area contributed by atoms with E-state index in [2.05, 4.69) is 0 Å². The van der Waals surface area contributed by atoms with E-state index >= 15 is 0 Å². The number of carbonyl (C=O) groups excluding carboxylic acids is 2. The Kier molecular flexibility index (Phi) is 5.63. The normalized spacial score (nSPS) is 19.4. The van der Waals surface area contributed by atoms with Crippen molar-refractivity contribution in [1.82, 2.24) is 4.90 Å². The van der Waals surface area contributed by atoms with Crippen LogP contribution in [0.3, 0.4) is 0 Å². The summed E-state index contributed by atoms with van der Waals surface area (Å²) in [6.45, 7) is 0.888. The van der Waals surface area contributed by atoms with Crippen LogP contribution in [0.15, 0.2) is 54.2 Å². The molecule has 2 heterocycles. The van der Waals surface area contributed by atoms with Crippen LogP contribution in [0, 0.1) is 0 Å². The van der Waals surface area contributed by atoms with Gasteiger partial charge in [-0.2, -0.15) is 0 Å². The second kappa shape index (κ2) is 8.19. The summed E-state index contributed by atoms with van der Waals surface area (Å²) in [6.07, 6.45) is 1.63. The first kappa shape index (κ1) is 20.0. The van der Waals surface area contributed by atoms with Crippen LogP contribution in [0.5, 0.6) is 0 Å². The van der Waals surface area contributed by atoms with Crippen LogP contribution in [0.2, 0.25) is 10.0 Å². The zero-order valence-corrected chi connectivity index (χ0v) is 17.4. The monoisotopic (exact) mass is 430 g/mol. The minimum absolute atomic E-state index is 0.133. The highest BCUT2D eigenvalue weighted by Crippen LogP contribution is 2.37. The van der Waals surface area contributed by atoms with Gasteiger partial charge in [0.25, 0.3) is 11.8 Å². The zero-order valence-electron chi connectivity index (χ0n) is 15.9. The summed E-state index contributed by atoms with van der Waals surface area (Å²) in [5, 5.41) is 0.789. The second-order valence-electron chi connectivity index (χ2n) is 7.10. The molecule has 2 aliphatic heterocycles. The summed E-state index contributed by atoms with van der Waals surface area (Å²) in [4.78, 5) is 29.7. The fraction of sp³-hybridized carbons (Fsp3) is 0.273. The first-order chi connectivity index (χ1) is 14.0. The number of para-hydroxylation sites is 1. The van der Waals surface area contributed by atoms with E-state index < -0.39 is 0 Å². The molecule has 0 spiro atoms. The molecule has 0 aromatic heterocycles. The molecule has 1 fully saturated rings. The van der Waals surface area contributed by atoms with Crippen molar-refractivity contribution >= 4 is 46.3 Å². The SMILES string of the molecule is CN(C1=C(c2ccc(Cl)cc2Cl)C(=O)N(CC2CCCO2)C1=O)c1ccccc1. The van der Waals surface area contributed by atoms with Crippen LogP contribution in [0.1, 0.15) is 18.4 Å². The van der Waals surface area contributed by atoms with Gasteiger partial charge in [0.05, 0.1) is 23.2 Å². The molecule has 7 heteroatoms. The van der Waals surface area contributed by atoms with Crippen LogP contribution in [-0.2, 0) is 14.3 Å². The number of halogens is 2. The first-order valence-corrected chi connectivity index (χ1v) is 10.2. The molecule has 5 nitrogen and oxygen atoms in total. The molecule has 0 radical (unpaired) electrons. The van der Waals surface area contributed by atoms with Crippen molar-refractivity contribution in [1.29, 1.82) is 0 Å². The molecule has 2 amide bonds. The van der Waals surface area contributed by atoms with E-state index in [4.69, 9.17) is 27.9 Å². The van der Waals surface area contributed by atoms with Gasteiger partial charge in [0.1, 0.15) is 5.70 Å². The first-order valence-electron chi connectivity index (χ1n) is 9.43. The Morgan fingerprint density at radius 2 is 1.86 bits per heavy atom. The molecule has 0 saturated carbocycles. The molecule has 0 N–H and O–H groups in total. The summed E-state index contributed by atoms with van der Waals surface area (Å²) in [5.41, 5.74) is 1.86. The highest BCUT2D eigenvalue weighted by Gasteiger charge is 2.43. The van der Waals surface area contributed by atoms with Crippen molar-refractivity contribution in [2.24, 2.45) is 0 Å². The Morgan fingerprint density at radius 3 is 2.52 bits per heavy atom. The number of ether oxygens (including phenoxy) is 1. The number of hydrogen-bond acceptors (Lipinski definition) is 4. The molecule has 2 aliphatic rings. The maximum atomic E-state index is 13.4. The second-order valence-corrected chi connectivity index (χ2v) is 7.94. The minimum Gasteiger partial charge on any atom is -0.376 e. The third-order valence-electron chi connectivity index (χ3n) is 5.23. The third kappa shape index (κ3) is 3.78. The highest BCUT2D eigenvalue weighted by molar-refractivity contribution is 6.41. The van der Waals surface area contributed by atoms with E-state index in [1.807, 2.05) is 30.3 Å². The van der Waals surface area contributed by atoms with E-state index in [1.54, 1.807) is 30.1 Å². The maximum absolute atomic E-state index is 13.4. The van der Waals surface area contributed by atoms with Gasteiger partial charge in [-0.1, -0.05) is 47.5 Å². The number of anilines is 1. The van der Waals surface area contributed by atoms with E-state index in [1.165, 1.54) is 4.90 Å². The van der Waals surface area contributed by atoms with Gasteiger partial charge < -0.3 is 9.64 Å². The van der Waals surface area contributed by atoms with Crippen LogP contribution in [-0.4, -0.2) is 43.0 Å². The Morgan fingerprint density at radius 1 is 1.10 bits per heavy atom. The summed E-state index contributed by atoms with van der Waals surface area (Å²) in [6, 6.07) is 14.3. The molecular weight excluding hydrogens is 411 g/mol. The fourth-order valence-electron chi connectivity index (χ4n) is 3.75. The Bertz CT molecular complexity index is 985. The van der Waals surface area contributed by atoms with Gasteiger partial charge in [-0.05, 0) is 37.1 Å². The molecule has 2 aromatic rings. The number of amides is 2. The number of hydrogen-bond donors (Lipinski definition) is 0. The summed E-state index contributed by atoms with van der Waals surface area (Å²) >= 11 is 12.4. The Hall–Kier alpha value is -2.34. The van der Waals surface area contributed by atoms with Gasteiger partial charge in [0.15, 0.2) is 0 Å². The van der Waals surface area contributed by atoms with Crippen molar-refractivity contribution in [3.8, 4) is 0 Å². The number of nitrogens with zero attached hydrogens (tertiary/aromatic N) is 2. The molecule has 0 bridgehead atoms. The average molecular weight is 431 g/mol. The standard InChI is InChI=1S/C22H20Cl2N2O3/c1-25(15-6-3-2-4-7-15)20-19(17-10-9-14(23)12-18(17)24)21(27)26(22(20)28)13-16-8-5-11-29-16/h2-4,6-7,9-10,12,16H,5,8,11,13H2,1H3. The van der Waals surface area contributed by atoms with Gasteiger partial charge in [-0.15, -0.1) is 0 Å². The van der Waals surface area contributed by atoms with E-state index in [0.29, 0.717) is 27.9 Å². The Balaban J connectivity index is 1.80. The number of imide groups is 1. The van der Waals surface area contributed by atoms with Crippen molar-refractivity contribution in [2.45, 2.75) is 18.9 Å². The Labute approximate surface area is 179 Å². The molecule has 1 unspecified atom stereocenters. The fourth-order valence-corrected chi connectivity index (χ4v) is 4.25. The van der Waals surface area contributed by atoms with Gasteiger partial charge in [-0.3, -0.25) is 14.5 Å². The van der Waals surface area contributed by atoms with Gasteiger partial charge in [0.2, 0.25) is 0 Å². The smallest absolute Gasteiger partial charge is 0.278 e. The largest absolute Gasteiger partial charge is 0.376 e. The van der Waals surface area contributed by atoms with Crippen LogP contribution >= 0.6 is 23.2 Å². The van der Waals surface area contributed by atoms with Crippen molar-refractivity contribution in [2.75, 3.05) is 25.1 Å². The quantitative estimate of drug-likeness (QED) is 0.659. The zero-order chi connectivity index (χ0) is 20.5. The third-order valence-corrected chi connectivity index (χ3v) is 5.78. The molecule has 0 aliphatic carbocycles. The lowest BCUT2D eigenvalue weighted by Crippen LogP contribution is -2.39. The van der Waals surface area contributed by atoms with Gasteiger partial charge in [0, 0.05) is 29.9 Å². The van der Waals surface area contributed by atoms with Crippen LogP contribution in [0.4, 0.5) is 5.69 Å². The van der Waals surface area contributed by atoms with Crippen molar-refractivity contribution < 1.29 is 14.3 Å². The molecule has 2 aromatic carbocycles. The maximum Gasteiger partial charge on any atom is 0.278 e. The van der Waals surface area contributed by atoms with Gasteiger partial charge in [-0.25, -0.2) is 0 Å². The topological polar surface area (TPSA) is 49.9 Å². The predicted octanol–water partition coefficient (Wildman–Crippen LogP) is 4.39. The summed E-state index contributed by atoms with van der Waals surface area (Å²) in [5.74, 6) is -0.717. The average Bonchev–Trinajstić information content (AvgIpc) is 3.31. The summed E-state index contributed by atoms with van der Waals surface area (Å²) in [7, 11) is 1.77. The van der Waals surface area contributed by atoms with Crippen LogP contribution in [0.25, 0.3) is 5.57 Å². The molecular formula is C22H20Cl2N2O3. The van der Waals surface area contributed by atoms with E-state index in [9.17, 15) is 9.59 Å². The highest BCUT2D eigenvalue weighted by atomic mass is 35.5. The lowest BCUT2D eigenvalue weighted by molar-refractivity contribution is -0.138. The number of benzene rings is 2. The lowest BCUT2D eigenvalue weighted by Gasteiger charge is -2.22. The lowest BCUT2D eigenvalue weighted by atomic mass is 10.0. The number of likely N-dealkylation sites (N-methyl/N-ethyl adjacent to an activating group) is 1. The van der Waals surface area contributed by atoms with Gasteiger partial charge >= 0.3 is 0 Å². The van der Waals surface area contributed by atoms with Crippen LogP contribution < -0.4 is 4.90 Å². The summed E-state index contributed by atoms with van der Waals surface area (Å²) < 4.78 is 5.65.